The number of rotatable bonds is 4. The predicted molar refractivity (Wildman–Crippen MR) is 74.6 cm³/mol. The van der Waals surface area contributed by atoms with E-state index in [2.05, 4.69) is 32.9 Å². The molecule has 0 spiro atoms. The highest BCUT2D eigenvalue weighted by atomic mass is 16.5. The Balaban J connectivity index is 2.38. The van der Waals surface area contributed by atoms with Gasteiger partial charge >= 0.3 is 0 Å². The molecule has 0 aromatic heterocycles. The van der Waals surface area contributed by atoms with E-state index in [0.29, 0.717) is 6.10 Å². The summed E-state index contributed by atoms with van der Waals surface area (Å²) in [5.74, 6) is 1.82. The van der Waals surface area contributed by atoms with Crippen LogP contribution in [0.15, 0.2) is 18.2 Å². The minimum absolute atomic E-state index is 0.0700. The van der Waals surface area contributed by atoms with Gasteiger partial charge in [0.2, 0.25) is 0 Å². The van der Waals surface area contributed by atoms with E-state index in [4.69, 9.17) is 9.47 Å². The van der Waals surface area contributed by atoms with Crippen LogP contribution in [0.1, 0.15) is 53.0 Å². The van der Waals surface area contributed by atoms with Gasteiger partial charge < -0.3 is 9.47 Å². The fourth-order valence-electron chi connectivity index (χ4n) is 1.93. The highest BCUT2D eigenvalue weighted by molar-refractivity contribution is 5.50. The van der Waals surface area contributed by atoms with Gasteiger partial charge in [0.05, 0.1) is 12.2 Å². The Bertz CT molecular complexity index is 412. The Morgan fingerprint density at radius 2 is 1.83 bits per heavy atom. The van der Waals surface area contributed by atoms with Gasteiger partial charge in [0.1, 0.15) is 0 Å². The van der Waals surface area contributed by atoms with E-state index in [1.807, 2.05) is 19.9 Å². The van der Waals surface area contributed by atoms with E-state index in [0.717, 1.165) is 11.5 Å². The first-order valence-corrected chi connectivity index (χ1v) is 6.84. The third kappa shape index (κ3) is 3.18. The summed E-state index contributed by atoms with van der Waals surface area (Å²) >= 11 is 0. The topological polar surface area (TPSA) is 18.5 Å². The van der Waals surface area contributed by atoms with Gasteiger partial charge in [-0.1, -0.05) is 32.9 Å². The van der Waals surface area contributed by atoms with E-state index in [1.54, 1.807) is 0 Å². The normalized spacial score (nSPS) is 15.9. The molecule has 0 N–H and O–H groups in total. The second-order valence-corrected chi connectivity index (χ2v) is 6.37. The zero-order chi connectivity index (χ0) is 13.3. The first-order valence-electron chi connectivity index (χ1n) is 6.84. The third-order valence-electron chi connectivity index (χ3n) is 2.96. The van der Waals surface area contributed by atoms with Crippen LogP contribution < -0.4 is 9.47 Å². The summed E-state index contributed by atoms with van der Waals surface area (Å²) in [5.41, 5.74) is 1.30. The lowest BCUT2D eigenvalue weighted by Crippen LogP contribution is -2.16. The van der Waals surface area contributed by atoms with Crippen LogP contribution in [0.2, 0.25) is 0 Å². The summed E-state index contributed by atoms with van der Waals surface area (Å²) in [4.78, 5) is 0. The maximum Gasteiger partial charge on any atom is 0.165 e. The molecule has 2 heteroatoms. The average molecular weight is 248 g/mol. The Morgan fingerprint density at radius 1 is 1.17 bits per heavy atom. The summed E-state index contributed by atoms with van der Waals surface area (Å²) in [5, 5.41) is 0. The van der Waals surface area contributed by atoms with E-state index < -0.39 is 0 Å². The van der Waals surface area contributed by atoms with Crippen molar-refractivity contribution in [2.75, 3.05) is 0 Å². The van der Waals surface area contributed by atoms with Crippen LogP contribution in [0.5, 0.6) is 11.5 Å². The molecular weight excluding hydrogens is 224 g/mol. The van der Waals surface area contributed by atoms with Crippen molar-refractivity contribution < 1.29 is 9.47 Å². The minimum Gasteiger partial charge on any atom is -0.487 e. The molecule has 1 aliphatic rings. The van der Waals surface area contributed by atoms with Gasteiger partial charge in [0.15, 0.2) is 11.5 Å². The van der Waals surface area contributed by atoms with Gasteiger partial charge in [0, 0.05) is 5.56 Å². The lowest BCUT2D eigenvalue weighted by Gasteiger charge is -2.25. The van der Waals surface area contributed by atoms with Crippen molar-refractivity contribution in [3.8, 4) is 11.5 Å². The maximum absolute atomic E-state index is 6.09. The Labute approximate surface area is 110 Å². The van der Waals surface area contributed by atoms with Crippen LogP contribution in [0.3, 0.4) is 0 Å². The number of ether oxygens (including phenoxy) is 2. The molecule has 0 amide bonds. The van der Waals surface area contributed by atoms with Crippen LogP contribution >= 0.6 is 0 Å². The van der Waals surface area contributed by atoms with Crippen LogP contribution in [0, 0.1) is 0 Å². The molecule has 0 bridgehead atoms. The monoisotopic (exact) mass is 248 g/mol. The third-order valence-corrected chi connectivity index (χ3v) is 2.96. The number of hydrogen-bond donors (Lipinski definition) is 0. The summed E-state index contributed by atoms with van der Waals surface area (Å²) in [6, 6.07) is 6.20. The lowest BCUT2D eigenvalue weighted by molar-refractivity contribution is 0.215. The summed E-state index contributed by atoms with van der Waals surface area (Å²) in [6.45, 7) is 10.7. The standard InChI is InChI=1S/C16H24O2/c1-11(2)17-14-8-6-7-13(16(3,4)5)15(14)18-12-9-10-12/h6-8,11-12H,9-10H2,1-5H3. The minimum atomic E-state index is 0.0700. The van der Waals surface area contributed by atoms with Crippen molar-refractivity contribution >= 4 is 0 Å². The average Bonchev–Trinajstić information content (AvgIpc) is 3.02. The Kier molecular flexibility index (Phi) is 3.56. The first kappa shape index (κ1) is 13.3. The molecule has 2 nitrogen and oxygen atoms in total. The van der Waals surface area contributed by atoms with Crippen molar-refractivity contribution in [2.45, 2.75) is 65.1 Å². The van der Waals surface area contributed by atoms with Crippen LogP contribution in [0.25, 0.3) is 0 Å². The Morgan fingerprint density at radius 3 is 2.33 bits per heavy atom. The van der Waals surface area contributed by atoms with Crippen molar-refractivity contribution in [1.82, 2.24) is 0 Å². The molecule has 1 aliphatic carbocycles. The van der Waals surface area contributed by atoms with E-state index in [-0.39, 0.29) is 11.5 Å². The van der Waals surface area contributed by atoms with Gasteiger partial charge in [-0.2, -0.15) is 0 Å². The van der Waals surface area contributed by atoms with E-state index >= 15 is 0 Å². The first-order chi connectivity index (χ1) is 8.38. The molecular formula is C16H24O2. The molecule has 0 atom stereocenters. The zero-order valence-corrected chi connectivity index (χ0v) is 12.1. The number of para-hydroxylation sites is 1. The van der Waals surface area contributed by atoms with Crippen LogP contribution in [0.4, 0.5) is 0 Å². The zero-order valence-electron chi connectivity index (χ0n) is 12.1. The molecule has 0 heterocycles. The SMILES string of the molecule is CC(C)Oc1cccc(C(C)(C)C)c1OC1CC1. The molecule has 1 fully saturated rings. The molecule has 0 saturated heterocycles. The fourth-order valence-corrected chi connectivity index (χ4v) is 1.93. The van der Waals surface area contributed by atoms with Gasteiger partial charge in [-0.05, 0) is 38.2 Å². The summed E-state index contributed by atoms with van der Waals surface area (Å²) in [6.07, 6.45) is 2.89. The smallest absolute Gasteiger partial charge is 0.165 e. The molecule has 0 unspecified atom stereocenters. The molecule has 1 aromatic carbocycles. The maximum atomic E-state index is 6.09. The predicted octanol–water partition coefficient (Wildman–Crippen LogP) is 4.31. The van der Waals surface area contributed by atoms with Crippen molar-refractivity contribution in [1.29, 1.82) is 0 Å². The van der Waals surface area contributed by atoms with E-state index in [1.165, 1.54) is 18.4 Å². The van der Waals surface area contributed by atoms with Gasteiger partial charge in [-0.15, -0.1) is 0 Å². The number of benzene rings is 1. The number of hydrogen-bond acceptors (Lipinski definition) is 2. The Hall–Kier alpha value is -1.18. The molecule has 2 rings (SSSR count). The quantitative estimate of drug-likeness (QED) is 0.790. The van der Waals surface area contributed by atoms with E-state index in [9.17, 15) is 0 Å². The summed E-state index contributed by atoms with van der Waals surface area (Å²) in [7, 11) is 0. The van der Waals surface area contributed by atoms with Gasteiger partial charge in [-0.3, -0.25) is 0 Å². The molecule has 0 aliphatic heterocycles. The molecule has 100 valence electrons. The van der Waals surface area contributed by atoms with Crippen LogP contribution in [-0.2, 0) is 5.41 Å². The highest BCUT2D eigenvalue weighted by Gasteiger charge is 2.29. The fraction of sp³-hybridized carbons (Fsp3) is 0.625. The molecule has 1 saturated carbocycles. The second kappa shape index (κ2) is 4.83. The van der Waals surface area contributed by atoms with Crippen LogP contribution in [-0.4, -0.2) is 12.2 Å². The molecule has 0 radical (unpaired) electrons. The molecule has 1 aromatic rings. The largest absolute Gasteiger partial charge is 0.487 e. The van der Waals surface area contributed by atoms with Gasteiger partial charge in [0.25, 0.3) is 0 Å². The lowest BCUT2D eigenvalue weighted by atomic mass is 9.86. The molecule has 18 heavy (non-hydrogen) atoms. The summed E-state index contributed by atoms with van der Waals surface area (Å²) < 4.78 is 12.0. The van der Waals surface area contributed by atoms with Crippen molar-refractivity contribution in [3.05, 3.63) is 23.8 Å². The van der Waals surface area contributed by atoms with Gasteiger partial charge in [-0.25, -0.2) is 0 Å². The highest BCUT2D eigenvalue weighted by Crippen LogP contribution is 2.41. The van der Waals surface area contributed by atoms with Crippen molar-refractivity contribution in [3.63, 3.8) is 0 Å². The second-order valence-electron chi connectivity index (χ2n) is 6.37. The van der Waals surface area contributed by atoms with Crippen molar-refractivity contribution in [2.24, 2.45) is 0 Å².